The molecule has 0 bridgehead atoms. The maximum absolute atomic E-state index is 11.5. The van der Waals surface area contributed by atoms with Gasteiger partial charge in [0.05, 0.1) is 10.4 Å². The molecule has 4 heteroatoms. The van der Waals surface area contributed by atoms with E-state index in [1.807, 2.05) is 6.07 Å². The molecule has 0 spiro atoms. The SMILES string of the molecule is Cc1c(C#N)csc1C(=O)N(C)C. The van der Waals surface area contributed by atoms with Gasteiger partial charge < -0.3 is 4.90 Å². The second kappa shape index (κ2) is 3.58. The summed E-state index contributed by atoms with van der Waals surface area (Å²) >= 11 is 1.32. The first kappa shape index (κ1) is 9.75. The van der Waals surface area contributed by atoms with E-state index in [0.717, 1.165) is 5.56 Å². The van der Waals surface area contributed by atoms with Crippen molar-refractivity contribution in [2.45, 2.75) is 6.92 Å². The minimum atomic E-state index is -0.0380. The molecule has 0 aliphatic rings. The maximum Gasteiger partial charge on any atom is 0.263 e. The van der Waals surface area contributed by atoms with E-state index < -0.39 is 0 Å². The average molecular weight is 194 g/mol. The summed E-state index contributed by atoms with van der Waals surface area (Å²) in [6, 6.07) is 2.05. The number of carbonyl (C=O) groups excluding carboxylic acids is 1. The fourth-order valence-corrected chi connectivity index (χ4v) is 1.98. The lowest BCUT2D eigenvalue weighted by atomic mass is 10.2. The Morgan fingerprint density at radius 2 is 2.23 bits per heavy atom. The van der Waals surface area contributed by atoms with Crippen molar-refractivity contribution in [2.75, 3.05) is 14.1 Å². The molecule has 0 atom stereocenters. The Kier molecular flexibility index (Phi) is 2.69. The fraction of sp³-hybridized carbons (Fsp3) is 0.333. The van der Waals surface area contributed by atoms with Gasteiger partial charge in [0, 0.05) is 19.5 Å². The number of thiophene rings is 1. The number of amides is 1. The summed E-state index contributed by atoms with van der Waals surface area (Å²) in [7, 11) is 3.40. The van der Waals surface area contributed by atoms with Gasteiger partial charge in [-0.05, 0) is 12.5 Å². The summed E-state index contributed by atoms with van der Waals surface area (Å²) in [6.07, 6.45) is 0. The van der Waals surface area contributed by atoms with Crippen LogP contribution in [0.15, 0.2) is 5.38 Å². The van der Waals surface area contributed by atoms with Crippen LogP contribution in [0, 0.1) is 18.3 Å². The molecule has 13 heavy (non-hydrogen) atoms. The number of nitrogens with zero attached hydrogens (tertiary/aromatic N) is 2. The van der Waals surface area contributed by atoms with Gasteiger partial charge in [-0.2, -0.15) is 5.26 Å². The zero-order valence-electron chi connectivity index (χ0n) is 7.79. The molecular formula is C9H10N2OS. The number of hydrogen-bond donors (Lipinski definition) is 0. The van der Waals surface area contributed by atoms with Crippen molar-refractivity contribution in [2.24, 2.45) is 0 Å². The van der Waals surface area contributed by atoms with E-state index >= 15 is 0 Å². The third-order valence-electron chi connectivity index (χ3n) is 1.76. The second-order valence-electron chi connectivity index (χ2n) is 2.91. The van der Waals surface area contributed by atoms with E-state index in [1.165, 1.54) is 16.2 Å². The van der Waals surface area contributed by atoms with Crippen LogP contribution in [0.1, 0.15) is 20.8 Å². The molecule has 68 valence electrons. The maximum atomic E-state index is 11.5. The zero-order valence-corrected chi connectivity index (χ0v) is 8.60. The molecule has 0 fully saturated rings. The lowest BCUT2D eigenvalue weighted by Gasteiger charge is -2.08. The van der Waals surface area contributed by atoms with E-state index in [1.54, 1.807) is 26.4 Å². The Labute approximate surface area is 81.2 Å². The van der Waals surface area contributed by atoms with Crippen molar-refractivity contribution in [3.05, 3.63) is 21.4 Å². The molecule has 0 N–H and O–H groups in total. The number of carbonyl (C=O) groups is 1. The first-order chi connectivity index (χ1) is 6.07. The highest BCUT2D eigenvalue weighted by molar-refractivity contribution is 7.12. The van der Waals surface area contributed by atoms with Crippen LogP contribution in [0.4, 0.5) is 0 Å². The Morgan fingerprint density at radius 3 is 2.62 bits per heavy atom. The smallest absolute Gasteiger partial charge is 0.263 e. The van der Waals surface area contributed by atoms with Crippen LogP contribution in [0.25, 0.3) is 0 Å². The van der Waals surface area contributed by atoms with Gasteiger partial charge in [0.15, 0.2) is 0 Å². The highest BCUT2D eigenvalue weighted by Gasteiger charge is 2.15. The standard InChI is InChI=1S/C9H10N2OS/c1-6-7(4-10)5-13-8(6)9(12)11(2)3/h5H,1-3H3. The molecule has 1 amide bonds. The van der Waals surface area contributed by atoms with Gasteiger partial charge in [0.25, 0.3) is 5.91 Å². The molecule has 1 aromatic rings. The summed E-state index contributed by atoms with van der Waals surface area (Å²) in [5.74, 6) is -0.0380. The summed E-state index contributed by atoms with van der Waals surface area (Å²) in [6.45, 7) is 1.80. The van der Waals surface area contributed by atoms with Crippen molar-refractivity contribution in [1.29, 1.82) is 5.26 Å². The third-order valence-corrected chi connectivity index (χ3v) is 2.83. The quantitative estimate of drug-likeness (QED) is 0.682. The minimum absolute atomic E-state index is 0.0380. The average Bonchev–Trinajstić information content (AvgIpc) is 2.45. The van der Waals surface area contributed by atoms with Crippen molar-refractivity contribution in [3.63, 3.8) is 0 Å². The Hall–Kier alpha value is -1.34. The van der Waals surface area contributed by atoms with Crippen LogP contribution in [-0.4, -0.2) is 24.9 Å². The van der Waals surface area contributed by atoms with E-state index in [4.69, 9.17) is 5.26 Å². The van der Waals surface area contributed by atoms with Crippen molar-refractivity contribution >= 4 is 17.2 Å². The molecule has 1 heterocycles. The lowest BCUT2D eigenvalue weighted by Crippen LogP contribution is -2.21. The minimum Gasteiger partial charge on any atom is -0.344 e. The highest BCUT2D eigenvalue weighted by Crippen LogP contribution is 2.21. The van der Waals surface area contributed by atoms with Crippen LogP contribution in [-0.2, 0) is 0 Å². The van der Waals surface area contributed by atoms with E-state index in [0.29, 0.717) is 10.4 Å². The first-order valence-corrected chi connectivity index (χ1v) is 4.65. The van der Waals surface area contributed by atoms with Crippen LogP contribution in [0.3, 0.4) is 0 Å². The van der Waals surface area contributed by atoms with Gasteiger partial charge in [0.2, 0.25) is 0 Å². The van der Waals surface area contributed by atoms with E-state index in [2.05, 4.69) is 0 Å². The zero-order chi connectivity index (χ0) is 10.0. The van der Waals surface area contributed by atoms with Gasteiger partial charge in [-0.3, -0.25) is 4.79 Å². The Morgan fingerprint density at radius 1 is 1.62 bits per heavy atom. The van der Waals surface area contributed by atoms with Crippen molar-refractivity contribution in [1.82, 2.24) is 4.90 Å². The second-order valence-corrected chi connectivity index (χ2v) is 3.79. The molecule has 0 radical (unpaired) electrons. The van der Waals surface area contributed by atoms with Gasteiger partial charge in [-0.15, -0.1) is 11.3 Å². The van der Waals surface area contributed by atoms with Crippen LogP contribution in [0.5, 0.6) is 0 Å². The van der Waals surface area contributed by atoms with Gasteiger partial charge >= 0.3 is 0 Å². The predicted octanol–water partition coefficient (Wildman–Crippen LogP) is 1.63. The summed E-state index contributed by atoms with van der Waals surface area (Å²) in [4.78, 5) is 13.7. The lowest BCUT2D eigenvalue weighted by molar-refractivity contribution is 0.0831. The van der Waals surface area contributed by atoms with Gasteiger partial charge in [0.1, 0.15) is 6.07 Å². The topological polar surface area (TPSA) is 44.1 Å². The van der Waals surface area contributed by atoms with Crippen molar-refractivity contribution < 1.29 is 4.79 Å². The normalized spacial score (nSPS) is 9.38. The van der Waals surface area contributed by atoms with E-state index in [-0.39, 0.29) is 5.91 Å². The fourth-order valence-electron chi connectivity index (χ4n) is 0.941. The largest absolute Gasteiger partial charge is 0.344 e. The van der Waals surface area contributed by atoms with Crippen molar-refractivity contribution in [3.8, 4) is 6.07 Å². The Bertz CT molecular complexity index is 373. The van der Waals surface area contributed by atoms with Crippen LogP contribution < -0.4 is 0 Å². The molecule has 0 aromatic carbocycles. The monoisotopic (exact) mass is 194 g/mol. The molecule has 3 nitrogen and oxygen atoms in total. The molecular weight excluding hydrogens is 184 g/mol. The predicted molar refractivity (Wildman–Crippen MR) is 51.8 cm³/mol. The van der Waals surface area contributed by atoms with Gasteiger partial charge in [-0.25, -0.2) is 0 Å². The molecule has 1 aromatic heterocycles. The molecule has 0 aliphatic heterocycles. The summed E-state index contributed by atoms with van der Waals surface area (Å²) < 4.78 is 0. The summed E-state index contributed by atoms with van der Waals surface area (Å²) in [5.41, 5.74) is 1.38. The molecule has 0 unspecified atom stereocenters. The molecule has 1 rings (SSSR count). The van der Waals surface area contributed by atoms with Gasteiger partial charge in [-0.1, -0.05) is 0 Å². The van der Waals surface area contributed by atoms with E-state index in [9.17, 15) is 4.79 Å². The number of rotatable bonds is 1. The summed E-state index contributed by atoms with van der Waals surface area (Å²) in [5, 5.41) is 10.4. The Balaban J connectivity index is 3.11. The number of nitriles is 1. The van der Waals surface area contributed by atoms with Crippen LogP contribution in [0.2, 0.25) is 0 Å². The third kappa shape index (κ3) is 1.70. The van der Waals surface area contributed by atoms with Crippen LogP contribution >= 0.6 is 11.3 Å². The highest BCUT2D eigenvalue weighted by atomic mass is 32.1. The molecule has 0 saturated carbocycles. The molecule has 0 aliphatic carbocycles. The number of hydrogen-bond acceptors (Lipinski definition) is 3. The first-order valence-electron chi connectivity index (χ1n) is 3.77. The molecule has 0 saturated heterocycles.